The van der Waals surface area contributed by atoms with E-state index in [0.717, 1.165) is 0 Å². The Hall–Kier alpha value is -1.18. The molecule has 0 aromatic carbocycles. The Morgan fingerprint density at radius 1 is 1.00 bits per heavy atom. The Labute approximate surface area is 99.3 Å². The number of rotatable bonds is 5. The van der Waals surface area contributed by atoms with Crippen LogP contribution >= 0.6 is 0 Å². The van der Waals surface area contributed by atoms with Crippen LogP contribution in [0.2, 0.25) is 0 Å². The van der Waals surface area contributed by atoms with Crippen molar-refractivity contribution >= 4 is 11.9 Å². The van der Waals surface area contributed by atoms with Crippen molar-refractivity contribution in [3.8, 4) is 0 Å². The molecule has 102 valence electrons. The first-order chi connectivity index (χ1) is 7.57. The summed E-state index contributed by atoms with van der Waals surface area (Å²) in [6.45, 7) is 3.08. The summed E-state index contributed by atoms with van der Waals surface area (Å²) in [5.74, 6) is -2.35. The van der Waals surface area contributed by atoms with Crippen LogP contribution < -0.4 is 0 Å². The topological polar surface area (TPSA) is 135 Å². The van der Waals surface area contributed by atoms with Crippen LogP contribution in [-0.2, 0) is 9.59 Å². The lowest BCUT2D eigenvalue weighted by atomic mass is 9.94. The monoisotopic (exact) mass is 252 g/mol. The van der Waals surface area contributed by atoms with Crippen LogP contribution in [0, 0.1) is 5.41 Å². The number of carboxylic acids is 2. The van der Waals surface area contributed by atoms with Crippen LogP contribution in [0.3, 0.4) is 0 Å². The number of carbonyl (C=O) groups is 2. The number of aliphatic hydroxyl groups is 3. The van der Waals surface area contributed by atoms with E-state index in [1.54, 1.807) is 6.92 Å². The summed E-state index contributed by atoms with van der Waals surface area (Å²) in [5, 5.41) is 42.1. The summed E-state index contributed by atoms with van der Waals surface area (Å²) in [6.07, 6.45) is 0.238. The number of aliphatic carboxylic acids is 2. The van der Waals surface area contributed by atoms with Crippen molar-refractivity contribution in [2.75, 3.05) is 13.2 Å². The van der Waals surface area contributed by atoms with E-state index in [-0.39, 0.29) is 6.42 Å². The van der Waals surface area contributed by atoms with Crippen molar-refractivity contribution in [3.63, 3.8) is 0 Å². The molecule has 0 radical (unpaired) electrons. The molecule has 0 aliphatic heterocycles. The smallest absolute Gasteiger partial charge is 0.335 e. The normalized spacial score (nSPS) is 14.2. The number of hydrogen-bond acceptors (Lipinski definition) is 5. The SMILES string of the molecule is CC(CO)(CO)C(=O)O.CCC(C)(O)C(=O)O. The van der Waals surface area contributed by atoms with Crippen LogP contribution in [0.25, 0.3) is 0 Å². The maximum absolute atomic E-state index is 10.2. The van der Waals surface area contributed by atoms with E-state index in [2.05, 4.69) is 0 Å². The van der Waals surface area contributed by atoms with E-state index >= 15 is 0 Å². The molecule has 1 atom stereocenters. The Morgan fingerprint density at radius 2 is 1.35 bits per heavy atom. The highest BCUT2D eigenvalue weighted by Crippen LogP contribution is 2.12. The maximum atomic E-state index is 10.2. The van der Waals surface area contributed by atoms with Gasteiger partial charge in [-0.25, -0.2) is 4.79 Å². The van der Waals surface area contributed by atoms with Gasteiger partial charge in [-0.1, -0.05) is 6.92 Å². The first-order valence-corrected chi connectivity index (χ1v) is 4.98. The minimum absolute atomic E-state index is 0.238. The van der Waals surface area contributed by atoms with Gasteiger partial charge in [-0.05, 0) is 20.3 Å². The van der Waals surface area contributed by atoms with Gasteiger partial charge in [0.25, 0.3) is 0 Å². The van der Waals surface area contributed by atoms with Crippen molar-refractivity contribution in [2.24, 2.45) is 5.41 Å². The van der Waals surface area contributed by atoms with E-state index in [9.17, 15) is 9.59 Å². The summed E-state index contributed by atoms with van der Waals surface area (Å²) < 4.78 is 0. The minimum atomic E-state index is -1.54. The third kappa shape index (κ3) is 6.20. The molecule has 0 aliphatic rings. The summed E-state index contributed by atoms with van der Waals surface area (Å²) in [4.78, 5) is 20.2. The molecule has 7 nitrogen and oxygen atoms in total. The zero-order chi connectivity index (χ0) is 14.3. The highest BCUT2D eigenvalue weighted by atomic mass is 16.4. The van der Waals surface area contributed by atoms with Crippen LogP contribution in [0.5, 0.6) is 0 Å². The Bertz CT molecular complexity index is 255. The third-order valence-electron chi connectivity index (χ3n) is 2.36. The minimum Gasteiger partial charge on any atom is -0.481 e. The second-order valence-electron chi connectivity index (χ2n) is 4.11. The zero-order valence-electron chi connectivity index (χ0n) is 10.2. The molecule has 7 heteroatoms. The lowest BCUT2D eigenvalue weighted by molar-refractivity contribution is -0.156. The Kier molecular flexibility index (Phi) is 7.71. The maximum Gasteiger partial charge on any atom is 0.335 e. The van der Waals surface area contributed by atoms with Crippen molar-refractivity contribution in [1.82, 2.24) is 0 Å². The fraction of sp³-hybridized carbons (Fsp3) is 0.800. The first-order valence-electron chi connectivity index (χ1n) is 4.98. The number of carboxylic acid groups (broad SMARTS) is 2. The van der Waals surface area contributed by atoms with E-state index < -0.39 is 36.2 Å². The summed E-state index contributed by atoms with van der Waals surface area (Å²) >= 11 is 0. The van der Waals surface area contributed by atoms with Crippen LogP contribution in [0.4, 0.5) is 0 Å². The Balaban J connectivity index is 0. The van der Waals surface area contributed by atoms with E-state index in [1.165, 1.54) is 13.8 Å². The molecule has 17 heavy (non-hydrogen) atoms. The molecule has 0 aliphatic carbocycles. The van der Waals surface area contributed by atoms with Gasteiger partial charge in [0.1, 0.15) is 5.41 Å². The van der Waals surface area contributed by atoms with Gasteiger partial charge < -0.3 is 25.5 Å². The predicted octanol–water partition coefficient (Wildman–Crippen LogP) is -0.706. The lowest BCUT2D eigenvalue weighted by Gasteiger charge is -2.17. The van der Waals surface area contributed by atoms with Crippen LogP contribution in [-0.4, -0.2) is 56.3 Å². The lowest BCUT2D eigenvalue weighted by Crippen LogP contribution is -2.35. The van der Waals surface area contributed by atoms with Crippen molar-refractivity contribution in [1.29, 1.82) is 0 Å². The fourth-order valence-corrected chi connectivity index (χ4v) is 0.336. The van der Waals surface area contributed by atoms with E-state index in [1.807, 2.05) is 0 Å². The summed E-state index contributed by atoms with van der Waals surface area (Å²) in [5.41, 5.74) is -2.93. The third-order valence-corrected chi connectivity index (χ3v) is 2.36. The quantitative estimate of drug-likeness (QED) is 0.436. The van der Waals surface area contributed by atoms with Crippen LogP contribution in [0.15, 0.2) is 0 Å². The molecular weight excluding hydrogens is 232 g/mol. The molecule has 0 aromatic rings. The molecule has 1 unspecified atom stereocenters. The second kappa shape index (κ2) is 7.21. The predicted molar refractivity (Wildman–Crippen MR) is 58.5 cm³/mol. The van der Waals surface area contributed by atoms with Gasteiger partial charge in [0.05, 0.1) is 13.2 Å². The molecule has 0 aromatic heterocycles. The van der Waals surface area contributed by atoms with Crippen molar-refractivity contribution < 1.29 is 35.1 Å². The average Bonchev–Trinajstić information content (AvgIpc) is 2.28. The molecule has 0 saturated heterocycles. The molecular formula is C10H20O7. The highest BCUT2D eigenvalue weighted by Gasteiger charge is 2.31. The standard InChI is InChI=1S/C5H10O4.C5H10O3/c1-5(2-6,3-7)4(8)9;1-3-5(2,8)4(6)7/h6-7H,2-3H2,1H3,(H,8,9);8H,3H2,1-2H3,(H,6,7). The van der Waals surface area contributed by atoms with Crippen LogP contribution in [0.1, 0.15) is 27.2 Å². The number of aliphatic hydroxyl groups excluding tert-OH is 2. The molecule has 0 heterocycles. The van der Waals surface area contributed by atoms with E-state index in [0.29, 0.717) is 0 Å². The van der Waals surface area contributed by atoms with Gasteiger partial charge in [0.2, 0.25) is 0 Å². The van der Waals surface area contributed by atoms with Gasteiger partial charge in [-0.2, -0.15) is 0 Å². The fourth-order valence-electron chi connectivity index (χ4n) is 0.336. The first kappa shape index (κ1) is 18.2. The van der Waals surface area contributed by atoms with Crippen molar-refractivity contribution in [2.45, 2.75) is 32.8 Å². The van der Waals surface area contributed by atoms with Gasteiger partial charge in [0.15, 0.2) is 5.60 Å². The molecule has 0 bridgehead atoms. The van der Waals surface area contributed by atoms with Gasteiger partial charge in [-0.3, -0.25) is 4.79 Å². The molecule has 0 fully saturated rings. The second-order valence-corrected chi connectivity index (χ2v) is 4.11. The molecule has 0 amide bonds. The highest BCUT2D eigenvalue weighted by molar-refractivity contribution is 5.76. The van der Waals surface area contributed by atoms with E-state index in [4.69, 9.17) is 25.5 Å². The van der Waals surface area contributed by atoms with Gasteiger partial charge in [-0.15, -0.1) is 0 Å². The zero-order valence-corrected chi connectivity index (χ0v) is 10.2. The van der Waals surface area contributed by atoms with Crippen molar-refractivity contribution in [3.05, 3.63) is 0 Å². The molecule has 0 saturated carbocycles. The molecule has 0 rings (SSSR count). The van der Waals surface area contributed by atoms with Gasteiger partial charge in [0, 0.05) is 0 Å². The average molecular weight is 252 g/mol. The Morgan fingerprint density at radius 3 is 1.35 bits per heavy atom. The summed E-state index contributed by atoms with van der Waals surface area (Å²) in [7, 11) is 0. The molecule has 0 spiro atoms. The molecule has 5 N–H and O–H groups in total. The largest absolute Gasteiger partial charge is 0.481 e. The number of hydrogen-bond donors (Lipinski definition) is 5. The summed E-state index contributed by atoms with van der Waals surface area (Å²) in [6, 6.07) is 0. The van der Waals surface area contributed by atoms with Gasteiger partial charge >= 0.3 is 11.9 Å².